The van der Waals surface area contributed by atoms with E-state index < -0.39 is 11.6 Å². The molecule has 0 amide bonds. The third-order valence-corrected chi connectivity index (χ3v) is 9.20. The van der Waals surface area contributed by atoms with Crippen LogP contribution in [0.2, 0.25) is 0 Å². The zero-order valence-electron chi connectivity index (χ0n) is 30.1. The molecule has 5 rings (SSSR count). The number of carbonyl (C=O) groups excluding carboxylic acids is 1. The fraction of sp³-hybridized carbons (Fsp3) is 0.528. The first-order valence-electron chi connectivity index (χ1n) is 16.5. The van der Waals surface area contributed by atoms with Crippen molar-refractivity contribution in [1.29, 1.82) is 0 Å². The van der Waals surface area contributed by atoms with E-state index in [0.717, 1.165) is 12.3 Å². The number of allylic oxidation sites excluding steroid dienone is 1. The molecule has 2 saturated heterocycles. The largest absolute Gasteiger partial charge is 0.333 e. The Kier molecular flexibility index (Phi) is 13.8. The molecule has 0 saturated carbocycles. The Morgan fingerprint density at radius 2 is 1.75 bits per heavy atom. The van der Waals surface area contributed by atoms with Crippen LogP contribution in [-0.4, -0.2) is 114 Å². The first-order valence-corrected chi connectivity index (χ1v) is 16.5. The highest BCUT2D eigenvalue weighted by molar-refractivity contribution is 5.92. The van der Waals surface area contributed by atoms with Gasteiger partial charge in [0.2, 0.25) is 0 Å². The van der Waals surface area contributed by atoms with E-state index in [-0.39, 0.29) is 28.6 Å². The van der Waals surface area contributed by atoms with Gasteiger partial charge in [0.05, 0.1) is 17.4 Å². The van der Waals surface area contributed by atoms with Crippen molar-refractivity contribution in [2.24, 2.45) is 15.7 Å². The number of aromatic nitrogens is 3. The molecule has 48 heavy (non-hydrogen) atoms. The fourth-order valence-electron chi connectivity index (χ4n) is 6.25. The number of pyridine rings is 1. The number of carbonyl (C=O) groups is 1. The summed E-state index contributed by atoms with van der Waals surface area (Å²) in [6.45, 7) is 21.8. The van der Waals surface area contributed by atoms with Gasteiger partial charge >= 0.3 is 0 Å². The molecular formula is C36H53F2N9O. The number of aliphatic imine (C=N–C) groups is 2. The van der Waals surface area contributed by atoms with Gasteiger partial charge in [-0.15, -0.1) is 0 Å². The number of piperidine rings is 1. The number of hydrogen-bond acceptors (Lipinski definition) is 9. The summed E-state index contributed by atoms with van der Waals surface area (Å²) < 4.78 is 31.4. The molecule has 2 aromatic heterocycles. The van der Waals surface area contributed by atoms with Crippen LogP contribution >= 0.6 is 0 Å². The van der Waals surface area contributed by atoms with E-state index >= 15 is 0 Å². The number of fused-ring (bicyclic) bond motifs is 1. The molecule has 0 atom stereocenters. The Balaban J connectivity index is 0.000000291. The maximum absolute atomic E-state index is 14.8. The Morgan fingerprint density at radius 3 is 2.31 bits per heavy atom. The van der Waals surface area contributed by atoms with Crippen molar-refractivity contribution >= 4 is 41.8 Å². The summed E-state index contributed by atoms with van der Waals surface area (Å²) in [5, 5.41) is 0. The second-order valence-corrected chi connectivity index (χ2v) is 13.3. The molecule has 2 aliphatic rings. The number of piperazine rings is 1. The van der Waals surface area contributed by atoms with Crippen LogP contribution in [0, 0.1) is 19.7 Å². The Bertz CT molecular complexity index is 1620. The lowest BCUT2D eigenvalue weighted by molar-refractivity contribution is 0.00190. The van der Waals surface area contributed by atoms with Crippen LogP contribution < -0.4 is 5.73 Å². The molecule has 12 heteroatoms. The first-order chi connectivity index (χ1) is 22.7. The predicted octanol–water partition coefficient (Wildman–Crippen LogP) is 6.00. The number of benzene rings is 1. The van der Waals surface area contributed by atoms with E-state index in [1.165, 1.54) is 64.7 Å². The number of imidazole rings is 1. The average molecular weight is 666 g/mol. The molecule has 262 valence electrons. The number of likely N-dealkylation sites (tertiary alicyclic amines) is 1. The summed E-state index contributed by atoms with van der Waals surface area (Å²) >= 11 is 0. The lowest BCUT2D eigenvalue weighted by Crippen LogP contribution is -2.60. The number of halogens is 2. The third-order valence-electron chi connectivity index (χ3n) is 9.20. The van der Waals surface area contributed by atoms with Crippen molar-refractivity contribution in [2.45, 2.75) is 72.0 Å². The molecule has 1 aromatic carbocycles. The van der Waals surface area contributed by atoms with E-state index in [4.69, 9.17) is 0 Å². The maximum atomic E-state index is 14.8. The average Bonchev–Trinajstić information content (AvgIpc) is 3.40. The van der Waals surface area contributed by atoms with Gasteiger partial charge in [-0.05, 0) is 120 Å². The van der Waals surface area contributed by atoms with E-state index in [1.807, 2.05) is 18.4 Å². The standard InChI is InChI=1S/C22H21F2N5O.C13H27N3.CH5N/c1-12(2)29-14(4)28-22-17(23)8-16(9-19(22)29)21(25-5)18(24)10-26-20-7-6-15(11-30)13(3)27-20;1-13(2)11-16(10-9-15(13)4)12-5-7-14(3)8-6-12;1-2/h6-12H,5H2,1-4H3;12H,5-11H2,1-4H3;2H2,1H3/b21-18+,26-10?;;. The van der Waals surface area contributed by atoms with Crippen LogP contribution in [-0.2, 0) is 0 Å². The number of aldehydes is 1. The highest BCUT2D eigenvalue weighted by Crippen LogP contribution is 2.30. The summed E-state index contributed by atoms with van der Waals surface area (Å²) in [4.78, 5) is 34.7. The zero-order chi connectivity index (χ0) is 35.8. The van der Waals surface area contributed by atoms with Crippen LogP contribution in [0.15, 0.2) is 40.1 Å². The van der Waals surface area contributed by atoms with Crippen molar-refractivity contribution in [1.82, 2.24) is 29.2 Å². The van der Waals surface area contributed by atoms with Gasteiger partial charge in [0, 0.05) is 48.4 Å². The molecule has 2 aliphatic heterocycles. The lowest BCUT2D eigenvalue weighted by Gasteiger charge is -2.49. The zero-order valence-corrected chi connectivity index (χ0v) is 30.1. The number of likely N-dealkylation sites (N-methyl/N-ethyl adjacent to an activating group) is 1. The van der Waals surface area contributed by atoms with Gasteiger partial charge < -0.3 is 15.2 Å². The lowest BCUT2D eigenvalue weighted by atomic mass is 9.95. The highest BCUT2D eigenvalue weighted by Gasteiger charge is 2.34. The summed E-state index contributed by atoms with van der Waals surface area (Å²) in [6.07, 6.45) is 4.34. The van der Waals surface area contributed by atoms with Crippen molar-refractivity contribution < 1.29 is 13.6 Å². The van der Waals surface area contributed by atoms with E-state index in [1.54, 1.807) is 26.0 Å². The summed E-state index contributed by atoms with van der Waals surface area (Å²) in [5.41, 5.74) is 6.61. The minimum atomic E-state index is -0.796. The number of rotatable bonds is 7. The van der Waals surface area contributed by atoms with Gasteiger partial charge in [0.15, 0.2) is 23.7 Å². The van der Waals surface area contributed by atoms with Crippen LogP contribution in [0.4, 0.5) is 14.6 Å². The van der Waals surface area contributed by atoms with E-state index in [2.05, 4.69) is 75.0 Å². The van der Waals surface area contributed by atoms with Gasteiger partial charge in [-0.2, -0.15) is 0 Å². The minimum absolute atomic E-state index is 0.0452. The molecule has 2 fully saturated rings. The molecule has 0 spiro atoms. The molecule has 0 unspecified atom stereocenters. The summed E-state index contributed by atoms with van der Waals surface area (Å²) in [7, 11) is 6.00. The van der Waals surface area contributed by atoms with Gasteiger partial charge in [0.1, 0.15) is 17.0 Å². The summed E-state index contributed by atoms with van der Waals surface area (Å²) in [5.74, 6) is -0.477. The summed E-state index contributed by atoms with van der Waals surface area (Å²) in [6, 6.07) is 6.74. The maximum Gasteiger partial charge on any atom is 0.167 e. The molecule has 0 radical (unpaired) electrons. The van der Waals surface area contributed by atoms with Gasteiger partial charge in [-0.1, -0.05) is 0 Å². The molecular weight excluding hydrogens is 612 g/mol. The monoisotopic (exact) mass is 665 g/mol. The topological polar surface area (TPSA) is 108 Å². The highest BCUT2D eigenvalue weighted by atomic mass is 19.1. The SMILES string of the molecule is C=N/C(=C(/F)C=Nc1ccc(C=O)c(C)n1)c1cc(F)c2nc(C)n(C(C)C)c2c1.CN.CN1CCC(N2CCN(C)C(C)(C)C2)CC1. The number of nitrogens with two attached hydrogens (primary N) is 1. The number of nitrogens with zero attached hydrogens (tertiary/aromatic N) is 8. The smallest absolute Gasteiger partial charge is 0.167 e. The van der Waals surface area contributed by atoms with E-state index in [9.17, 15) is 13.6 Å². The van der Waals surface area contributed by atoms with E-state index in [0.29, 0.717) is 34.4 Å². The van der Waals surface area contributed by atoms with Gasteiger partial charge in [-0.25, -0.2) is 23.7 Å². The predicted molar refractivity (Wildman–Crippen MR) is 194 cm³/mol. The normalized spacial score (nSPS) is 18.3. The molecule has 3 aromatic rings. The second kappa shape index (κ2) is 17.1. The molecule has 2 N–H and O–H groups in total. The minimum Gasteiger partial charge on any atom is -0.333 e. The van der Waals surface area contributed by atoms with Crippen molar-refractivity contribution in [2.75, 3.05) is 53.9 Å². The third kappa shape index (κ3) is 9.25. The Hall–Kier alpha value is -3.71. The Labute approximate surface area is 284 Å². The Morgan fingerprint density at radius 1 is 1.08 bits per heavy atom. The van der Waals surface area contributed by atoms with Crippen LogP contribution in [0.3, 0.4) is 0 Å². The molecule has 4 heterocycles. The van der Waals surface area contributed by atoms with Crippen LogP contribution in [0.5, 0.6) is 0 Å². The first kappa shape index (κ1) is 38.7. The molecule has 0 aliphatic carbocycles. The number of aryl methyl sites for hydroxylation is 2. The van der Waals surface area contributed by atoms with Crippen LogP contribution in [0.1, 0.15) is 74.0 Å². The quantitative estimate of drug-likeness (QED) is 0.244. The van der Waals surface area contributed by atoms with Gasteiger partial charge in [0.25, 0.3) is 0 Å². The molecule has 10 nitrogen and oxygen atoms in total. The van der Waals surface area contributed by atoms with Crippen molar-refractivity contribution in [3.63, 3.8) is 0 Å². The van der Waals surface area contributed by atoms with Crippen molar-refractivity contribution in [3.05, 3.63) is 58.6 Å². The number of hydrogen-bond donors (Lipinski definition) is 1. The molecule has 0 bridgehead atoms. The van der Waals surface area contributed by atoms with Crippen molar-refractivity contribution in [3.8, 4) is 0 Å². The fourth-order valence-corrected chi connectivity index (χ4v) is 6.25. The second-order valence-electron chi connectivity index (χ2n) is 13.3. The van der Waals surface area contributed by atoms with Crippen LogP contribution in [0.25, 0.3) is 16.7 Å². The van der Waals surface area contributed by atoms with Gasteiger partial charge in [-0.3, -0.25) is 19.6 Å².